The highest BCUT2D eigenvalue weighted by molar-refractivity contribution is 6.09. The highest BCUT2D eigenvalue weighted by atomic mass is 16.5. The summed E-state index contributed by atoms with van der Waals surface area (Å²) in [4.78, 5) is 26.3. The number of methoxy groups -OCH3 is 1. The van der Waals surface area contributed by atoms with Crippen molar-refractivity contribution in [2.24, 2.45) is 0 Å². The third-order valence-electron chi connectivity index (χ3n) is 5.31. The first kappa shape index (κ1) is 19.9. The van der Waals surface area contributed by atoms with Crippen molar-refractivity contribution in [3.8, 4) is 11.6 Å². The Kier molecular flexibility index (Phi) is 5.70. The Hall–Kier alpha value is -3.35. The van der Waals surface area contributed by atoms with Crippen LogP contribution in [0.4, 0.5) is 5.82 Å². The smallest absolute Gasteiger partial charge is 0.258 e. The Morgan fingerprint density at radius 1 is 1.07 bits per heavy atom. The Bertz CT molecular complexity index is 1060. The van der Waals surface area contributed by atoms with Gasteiger partial charge in [0.2, 0.25) is 5.88 Å². The standard InChI is InChI=1S/C23H26N4O3/c1-4-30-19-10-9-17-7-5-6-8-18(17)22(19)23(28)27-13-11-26(12-14-27)20-15-21(29-3)25-16(2)24-20/h5-10,15H,4,11-14H2,1-3H3. The van der Waals surface area contributed by atoms with Crippen molar-refractivity contribution in [2.75, 3.05) is 44.8 Å². The Labute approximate surface area is 176 Å². The molecule has 1 aliphatic heterocycles. The molecule has 7 nitrogen and oxygen atoms in total. The summed E-state index contributed by atoms with van der Waals surface area (Å²) in [6.45, 7) is 6.90. The van der Waals surface area contributed by atoms with E-state index in [4.69, 9.17) is 9.47 Å². The molecule has 1 aliphatic rings. The van der Waals surface area contributed by atoms with Gasteiger partial charge >= 0.3 is 0 Å². The van der Waals surface area contributed by atoms with E-state index in [2.05, 4.69) is 14.9 Å². The number of carbonyl (C=O) groups is 1. The molecule has 156 valence electrons. The van der Waals surface area contributed by atoms with E-state index in [-0.39, 0.29) is 5.91 Å². The van der Waals surface area contributed by atoms with Gasteiger partial charge in [-0.25, -0.2) is 4.98 Å². The van der Waals surface area contributed by atoms with Gasteiger partial charge in [-0.15, -0.1) is 0 Å². The Balaban J connectivity index is 1.57. The molecule has 1 aromatic heterocycles. The van der Waals surface area contributed by atoms with E-state index in [0.29, 0.717) is 55.8 Å². The SMILES string of the molecule is CCOc1ccc2ccccc2c1C(=O)N1CCN(c2cc(OC)nc(C)n2)CC1. The van der Waals surface area contributed by atoms with Crippen LogP contribution in [0.2, 0.25) is 0 Å². The monoisotopic (exact) mass is 406 g/mol. The summed E-state index contributed by atoms with van der Waals surface area (Å²) in [6, 6.07) is 13.7. The van der Waals surface area contributed by atoms with Gasteiger partial charge in [0.15, 0.2) is 0 Å². The number of ether oxygens (including phenoxy) is 2. The van der Waals surface area contributed by atoms with Crippen LogP contribution in [0.15, 0.2) is 42.5 Å². The van der Waals surface area contributed by atoms with E-state index < -0.39 is 0 Å². The Morgan fingerprint density at radius 2 is 1.83 bits per heavy atom. The zero-order chi connectivity index (χ0) is 21.1. The lowest BCUT2D eigenvalue weighted by Gasteiger charge is -2.36. The maximum atomic E-state index is 13.5. The van der Waals surface area contributed by atoms with E-state index in [1.807, 2.05) is 61.2 Å². The molecule has 30 heavy (non-hydrogen) atoms. The molecule has 4 rings (SSSR count). The zero-order valence-electron chi connectivity index (χ0n) is 17.6. The third-order valence-corrected chi connectivity index (χ3v) is 5.31. The van der Waals surface area contributed by atoms with Crippen LogP contribution in [0.25, 0.3) is 10.8 Å². The van der Waals surface area contributed by atoms with Gasteiger partial charge in [-0.1, -0.05) is 30.3 Å². The summed E-state index contributed by atoms with van der Waals surface area (Å²) in [5, 5.41) is 1.96. The molecule has 0 bridgehead atoms. The molecule has 0 spiro atoms. The van der Waals surface area contributed by atoms with Gasteiger partial charge < -0.3 is 19.3 Å². The fraction of sp³-hybridized carbons (Fsp3) is 0.348. The second-order valence-corrected chi connectivity index (χ2v) is 7.19. The second-order valence-electron chi connectivity index (χ2n) is 7.19. The molecule has 0 unspecified atom stereocenters. The van der Waals surface area contributed by atoms with E-state index in [1.54, 1.807) is 7.11 Å². The highest BCUT2D eigenvalue weighted by Crippen LogP contribution is 2.30. The topological polar surface area (TPSA) is 67.8 Å². The van der Waals surface area contributed by atoms with Gasteiger partial charge in [-0.05, 0) is 30.7 Å². The molecule has 0 N–H and O–H groups in total. The largest absolute Gasteiger partial charge is 0.493 e. The first-order valence-electron chi connectivity index (χ1n) is 10.2. The van der Waals surface area contributed by atoms with Crippen molar-refractivity contribution >= 4 is 22.5 Å². The highest BCUT2D eigenvalue weighted by Gasteiger charge is 2.27. The minimum Gasteiger partial charge on any atom is -0.493 e. The number of rotatable bonds is 5. The number of piperazine rings is 1. The molecule has 0 saturated carbocycles. The molecular formula is C23H26N4O3. The summed E-state index contributed by atoms with van der Waals surface area (Å²) in [5.74, 6) is 2.69. The van der Waals surface area contributed by atoms with Gasteiger partial charge in [0.1, 0.15) is 17.4 Å². The average molecular weight is 406 g/mol. The van der Waals surface area contributed by atoms with Crippen LogP contribution >= 0.6 is 0 Å². The van der Waals surface area contributed by atoms with E-state index in [1.165, 1.54) is 0 Å². The van der Waals surface area contributed by atoms with Crippen LogP contribution in [-0.2, 0) is 0 Å². The molecule has 0 radical (unpaired) electrons. The van der Waals surface area contributed by atoms with Crippen LogP contribution in [-0.4, -0.2) is 60.7 Å². The van der Waals surface area contributed by atoms with Crippen LogP contribution < -0.4 is 14.4 Å². The molecule has 2 heterocycles. The molecule has 0 aliphatic carbocycles. The zero-order valence-corrected chi connectivity index (χ0v) is 17.6. The molecule has 0 atom stereocenters. The quantitative estimate of drug-likeness (QED) is 0.648. The minimum absolute atomic E-state index is 0.00588. The Morgan fingerprint density at radius 3 is 2.57 bits per heavy atom. The van der Waals surface area contributed by atoms with Gasteiger partial charge in [0.05, 0.1) is 19.3 Å². The van der Waals surface area contributed by atoms with Gasteiger partial charge in [-0.3, -0.25) is 4.79 Å². The predicted octanol–water partition coefficient (Wildman–Crippen LogP) is 3.31. The van der Waals surface area contributed by atoms with Crippen molar-refractivity contribution in [1.82, 2.24) is 14.9 Å². The van der Waals surface area contributed by atoms with Gasteiger partial charge in [0.25, 0.3) is 5.91 Å². The predicted molar refractivity (Wildman–Crippen MR) is 117 cm³/mol. The first-order chi connectivity index (χ1) is 14.6. The van der Waals surface area contributed by atoms with Crippen LogP contribution in [0.5, 0.6) is 11.6 Å². The average Bonchev–Trinajstić information content (AvgIpc) is 2.78. The van der Waals surface area contributed by atoms with Crippen LogP contribution in [0.1, 0.15) is 23.1 Å². The number of carbonyl (C=O) groups excluding carboxylic acids is 1. The lowest BCUT2D eigenvalue weighted by molar-refractivity contribution is 0.0744. The summed E-state index contributed by atoms with van der Waals surface area (Å²) in [5.41, 5.74) is 0.642. The maximum Gasteiger partial charge on any atom is 0.258 e. The number of aryl methyl sites for hydroxylation is 1. The molecule has 2 aromatic carbocycles. The van der Waals surface area contributed by atoms with Crippen molar-refractivity contribution in [3.63, 3.8) is 0 Å². The van der Waals surface area contributed by atoms with Gasteiger partial charge in [0, 0.05) is 32.2 Å². The summed E-state index contributed by atoms with van der Waals surface area (Å²) in [6.07, 6.45) is 0. The maximum absolute atomic E-state index is 13.5. The molecule has 7 heteroatoms. The number of benzene rings is 2. The van der Waals surface area contributed by atoms with Crippen molar-refractivity contribution < 1.29 is 14.3 Å². The molecular weight excluding hydrogens is 380 g/mol. The molecule has 1 amide bonds. The van der Waals surface area contributed by atoms with E-state index >= 15 is 0 Å². The summed E-state index contributed by atoms with van der Waals surface area (Å²) >= 11 is 0. The molecule has 3 aromatic rings. The number of aromatic nitrogens is 2. The fourth-order valence-corrected chi connectivity index (χ4v) is 3.84. The molecule has 1 saturated heterocycles. The number of anilines is 1. The summed E-state index contributed by atoms with van der Waals surface area (Å²) in [7, 11) is 1.60. The van der Waals surface area contributed by atoms with Crippen molar-refractivity contribution in [2.45, 2.75) is 13.8 Å². The van der Waals surface area contributed by atoms with Crippen molar-refractivity contribution in [1.29, 1.82) is 0 Å². The van der Waals surface area contributed by atoms with E-state index in [9.17, 15) is 4.79 Å². The first-order valence-corrected chi connectivity index (χ1v) is 10.2. The van der Waals surface area contributed by atoms with E-state index in [0.717, 1.165) is 16.6 Å². The minimum atomic E-state index is 0.00588. The molecule has 1 fully saturated rings. The second kappa shape index (κ2) is 8.57. The number of nitrogens with zero attached hydrogens (tertiary/aromatic N) is 4. The number of hydrogen-bond donors (Lipinski definition) is 0. The van der Waals surface area contributed by atoms with Crippen molar-refractivity contribution in [3.05, 3.63) is 53.9 Å². The van der Waals surface area contributed by atoms with Gasteiger partial charge in [-0.2, -0.15) is 4.98 Å². The summed E-state index contributed by atoms with van der Waals surface area (Å²) < 4.78 is 11.1. The number of hydrogen-bond acceptors (Lipinski definition) is 6. The van der Waals surface area contributed by atoms with Crippen LogP contribution in [0, 0.1) is 6.92 Å². The fourth-order valence-electron chi connectivity index (χ4n) is 3.84. The third kappa shape index (κ3) is 3.87. The number of amides is 1. The lowest BCUT2D eigenvalue weighted by Crippen LogP contribution is -2.49. The number of fused-ring (bicyclic) bond motifs is 1. The normalized spacial score (nSPS) is 14.1. The van der Waals surface area contributed by atoms with Crippen LogP contribution in [0.3, 0.4) is 0 Å². The lowest BCUT2D eigenvalue weighted by atomic mass is 10.0.